The van der Waals surface area contributed by atoms with Gasteiger partial charge >= 0.3 is 0 Å². The van der Waals surface area contributed by atoms with Gasteiger partial charge in [-0.25, -0.2) is 0 Å². The van der Waals surface area contributed by atoms with Crippen molar-refractivity contribution in [1.29, 1.82) is 0 Å². The third-order valence-electron chi connectivity index (χ3n) is 5.05. The molecule has 0 radical (unpaired) electrons. The SMILES string of the molecule is COc1ccc(Nc2ccnc3c2C=NC3)cc1OCCCN1CCCC1. The monoisotopic (exact) mass is 366 g/mol. The minimum absolute atomic E-state index is 0.652. The van der Waals surface area contributed by atoms with Crippen LogP contribution in [0, 0.1) is 0 Å². The van der Waals surface area contributed by atoms with E-state index in [1.165, 1.54) is 25.9 Å². The summed E-state index contributed by atoms with van der Waals surface area (Å²) in [6.45, 7) is 4.89. The van der Waals surface area contributed by atoms with E-state index in [1.807, 2.05) is 36.7 Å². The highest BCUT2D eigenvalue weighted by atomic mass is 16.5. The second-order valence-electron chi connectivity index (χ2n) is 6.93. The number of rotatable bonds is 8. The van der Waals surface area contributed by atoms with Gasteiger partial charge in [-0.3, -0.25) is 9.98 Å². The van der Waals surface area contributed by atoms with Gasteiger partial charge in [-0.05, 0) is 50.6 Å². The van der Waals surface area contributed by atoms with Crippen LogP contribution in [0.5, 0.6) is 11.5 Å². The van der Waals surface area contributed by atoms with Crippen molar-refractivity contribution in [3.63, 3.8) is 0 Å². The molecule has 6 nitrogen and oxygen atoms in total. The summed E-state index contributed by atoms with van der Waals surface area (Å²) >= 11 is 0. The van der Waals surface area contributed by atoms with Crippen LogP contribution in [-0.2, 0) is 6.54 Å². The van der Waals surface area contributed by atoms with Crippen molar-refractivity contribution < 1.29 is 9.47 Å². The predicted molar refractivity (Wildman–Crippen MR) is 108 cm³/mol. The molecule has 1 saturated heterocycles. The standard InChI is InChI=1S/C21H26N4O2/c1-26-20-6-5-16(24-18-7-8-23-19-15-22-14-17(18)19)13-21(20)27-12-4-11-25-9-2-3-10-25/h5-8,13-14H,2-4,9-12,15H2,1H3,(H,23,24). The van der Waals surface area contributed by atoms with E-state index in [1.54, 1.807) is 7.11 Å². The van der Waals surface area contributed by atoms with Crippen LogP contribution >= 0.6 is 0 Å². The molecule has 142 valence electrons. The summed E-state index contributed by atoms with van der Waals surface area (Å²) in [4.78, 5) is 11.2. The van der Waals surface area contributed by atoms with Gasteiger partial charge in [0.05, 0.1) is 31.6 Å². The lowest BCUT2D eigenvalue weighted by molar-refractivity contribution is 0.254. The van der Waals surface area contributed by atoms with Crippen LogP contribution < -0.4 is 14.8 Å². The molecular formula is C21H26N4O2. The number of ether oxygens (including phenoxy) is 2. The fourth-order valence-electron chi connectivity index (χ4n) is 3.62. The van der Waals surface area contributed by atoms with Crippen molar-refractivity contribution >= 4 is 17.6 Å². The van der Waals surface area contributed by atoms with E-state index in [2.05, 4.69) is 20.2 Å². The molecule has 1 aromatic carbocycles. The summed E-state index contributed by atoms with van der Waals surface area (Å²) in [5.41, 5.74) is 4.03. The Labute approximate surface area is 160 Å². The first-order valence-corrected chi connectivity index (χ1v) is 9.61. The Balaban J connectivity index is 1.41. The molecule has 0 atom stereocenters. The Kier molecular flexibility index (Phi) is 5.53. The molecule has 27 heavy (non-hydrogen) atoms. The van der Waals surface area contributed by atoms with Crippen LogP contribution in [0.3, 0.4) is 0 Å². The highest BCUT2D eigenvalue weighted by Crippen LogP contribution is 2.33. The highest BCUT2D eigenvalue weighted by Gasteiger charge is 2.14. The highest BCUT2D eigenvalue weighted by molar-refractivity contribution is 5.92. The van der Waals surface area contributed by atoms with Gasteiger partial charge in [0.25, 0.3) is 0 Å². The lowest BCUT2D eigenvalue weighted by Gasteiger charge is -2.16. The summed E-state index contributed by atoms with van der Waals surface area (Å²) in [5.74, 6) is 1.52. The number of aromatic nitrogens is 1. The average Bonchev–Trinajstić information content (AvgIpc) is 3.37. The molecule has 0 aliphatic carbocycles. The largest absolute Gasteiger partial charge is 0.493 e. The van der Waals surface area contributed by atoms with Gasteiger partial charge in [0.2, 0.25) is 0 Å². The Hall–Kier alpha value is -2.60. The molecule has 4 rings (SSSR count). The average molecular weight is 366 g/mol. The molecule has 1 aromatic heterocycles. The molecule has 0 spiro atoms. The van der Waals surface area contributed by atoms with E-state index in [0.29, 0.717) is 13.2 Å². The molecule has 0 bridgehead atoms. The van der Waals surface area contributed by atoms with Gasteiger partial charge in [0, 0.05) is 36.3 Å². The van der Waals surface area contributed by atoms with Crippen molar-refractivity contribution in [3.8, 4) is 11.5 Å². The number of benzene rings is 1. The molecule has 2 aliphatic heterocycles. The van der Waals surface area contributed by atoms with E-state index in [4.69, 9.17) is 9.47 Å². The van der Waals surface area contributed by atoms with Gasteiger partial charge in [0.15, 0.2) is 11.5 Å². The number of nitrogens with one attached hydrogen (secondary N) is 1. The molecule has 2 aliphatic rings. The number of hydrogen-bond acceptors (Lipinski definition) is 6. The normalized spacial score (nSPS) is 15.7. The van der Waals surface area contributed by atoms with E-state index < -0.39 is 0 Å². The van der Waals surface area contributed by atoms with Crippen molar-refractivity contribution in [2.24, 2.45) is 4.99 Å². The van der Waals surface area contributed by atoms with E-state index in [-0.39, 0.29) is 0 Å². The van der Waals surface area contributed by atoms with Crippen LogP contribution in [0.4, 0.5) is 11.4 Å². The maximum atomic E-state index is 6.03. The molecule has 1 fully saturated rings. The van der Waals surface area contributed by atoms with Gasteiger partial charge in [-0.2, -0.15) is 0 Å². The number of likely N-dealkylation sites (tertiary alicyclic amines) is 1. The van der Waals surface area contributed by atoms with Gasteiger partial charge in [0.1, 0.15) is 0 Å². The molecule has 0 saturated carbocycles. The molecule has 1 N–H and O–H groups in total. The molecule has 3 heterocycles. The van der Waals surface area contributed by atoms with E-state index in [0.717, 1.165) is 47.1 Å². The predicted octanol–water partition coefficient (Wildman–Crippen LogP) is 3.63. The van der Waals surface area contributed by atoms with Crippen LogP contribution in [0.25, 0.3) is 0 Å². The lowest BCUT2D eigenvalue weighted by Crippen LogP contribution is -2.21. The molecule has 0 amide bonds. The van der Waals surface area contributed by atoms with Gasteiger partial charge in [-0.15, -0.1) is 0 Å². The zero-order valence-electron chi connectivity index (χ0n) is 15.8. The first-order chi connectivity index (χ1) is 13.3. The third kappa shape index (κ3) is 4.22. The number of aliphatic imine (C=N–C) groups is 1. The Morgan fingerprint density at radius 1 is 1.15 bits per heavy atom. The van der Waals surface area contributed by atoms with Crippen LogP contribution in [0.1, 0.15) is 30.5 Å². The summed E-state index contributed by atoms with van der Waals surface area (Å²) in [6.07, 6.45) is 7.37. The van der Waals surface area contributed by atoms with E-state index in [9.17, 15) is 0 Å². The number of pyridine rings is 1. The topological polar surface area (TPSA) is 59.0 Å². The molecular weight excluding hydrogens is 340 g/mol. The quantitative estimate of drug-likeness (QED) is 0.723. The maximum absolute atomic E-state index is 6.03. The van der Waals surface area contributed by atoms with Crippen LogP contribution in [-0.4, -0.2) is 49.4 Å². The van der Waals surface area contributed by atoms with Gasteiger partial charge < -0.3 is 19.7 Å². The molecule has 6 heteroatoms. The molecule has 2 aromatic rings. The van der Waals surface area contributed by atoms with Crippen molar-refractivity contribution in [3.05, 3.63) is 41.7 Å². The molecule has 0 unspecified atom stereocenters. The number of hydrogen-bond donors (Lipinski definition) is 1. The van der Waals surface area contributed by atoms with Crippen molar-refractivity contribution in [2.45, 2.75) is 25.8 Å². The van der Waals surface area contributed by atoms with Crippen LogP contribution in [0.15, 0.2) is 35.5 Å². The zero-order valence-corrected chi connectivity index (χ0v) is 15.8. The first kappa shape index (κ1) is 17.8. The fourth-order valence-corrected chi connectivity index (χ4v) is 3.62. The minimum Gasteiger partial charge on any atom is -0.493 e. The minimum atomic E-state index is 0.652. The first-order valence-electron chi connectivity index (χ1n) is 9.61. The second-order valence-corrected chi connectivity index (χ2v) is 6.93. The zero-order chi connectivity index (χ0) is 18.5. The lowest BCUT2D eigenvalue weighted by atomic mass is 10.2. The van der Waals surface area contributed by atoms with E-state index >= 15 is 0 Å². The summed E-state index contributed by atoms with van der Waals surface area (Å²) < 4.78 is 11.5. The number of methoxy groups -OCH3 is 1. The number of fused-ring (bicyclic) bond motifs is 1. The Morgan fingerprint density at radius 3 is 2.89 bits per heavy atom. The summed E-state index contributed by atoms with van der Waals surface area (Å²) in [7, 11) is 1.67. The van der Waals surface area contributed by atoms with Crippen molar-refractivity contribution in [2.75, 3.05) is 38.7 Å². The third-order valence-corrected chi connectivity index (χ3v) is 5.05. The van der Waals surface area contributed by atoms with Crippen molar-refractivity contribution in [1.82, 2.24) is 9.88 Å². The number of nitrogens with zero attached hydrogens (tertiary/aromatic N) is 3. The number of anilines is 2. The summed E-state index contributed by atoms with van der Waals surface area (Å²) in [5, 5.41) is 3.46. The Bertz CT molecular complexity index is 816. The fraction of sp³-hybridized carbons (Fsp3) is 0.429. The Morgan fingerprint density at radius 2 is 2.04 bits per heavy atom. The van der Waals surface area contributed by atoms with Gasteiger partial charge in [-0.1, -0.05) is 0 Å². The smallest absolute Gasteiger partial charge is 0.163 e. The maximum Gasteiger partial charge on any atom is 0.163 e. The summed E-state index contributed by atoms with van der Waals surface area (Å²) in [6, 6.07) is 7.90. The van der Waals surface area contributed by atoms with Crippen LogP contribution in [0.2, 0.25) is 0 Å². The second kappa shape index (κ2) is 8.39.